The van der Waals surface area contributed by atoms with Crippen molar-refractivity contribution in [3.05, 3.63) is 0 Å². The molecule has 0 aromatic carbocycles. The van der Waals surface area contributed by atoms with E-state index < -0.39 is 17.8 Å². The summed E-state index contributed by atoms with van der Waals surface area (Å²) >= 11 is 0. The largest absolute Gasteiger partial charge is 0.393 e. The topological polar surface area (TPSA) is 60.7 Å². The van der Waals surface area contributed by atoms with Gasteiger partial charge in [-0.25, -0.2) is 0 Å². The number of rotatable bonds is 5. The molecule has 4 aliphatic carbocycles. The minimum atomic E-state index is -1.12. The van der Waals surface area contributed by atoms with Crippen molar-refractivity contribution in [3.8, 4) is 0 Å². The van der Waals surface area contributed by atoms with E-state index >= 15 is 0 Å². The van der Waals surface area contributed by atoms with Crippen LogP contribution in [0, 0.1) is 58.2 Å². The predicted octanol–water partition coefficient (Wildman–Crippen LogP) is 6.05. The molecule has 3 N–H and O–H groups in total. The van der Waals surface area contributed by atoms with Gasteiger partial charge in [-0.15, -0.1) is 0 Å². The summed E-state index contributed by atoms with van der Waals surface area (Å²) in [5, 5.41) is 33.2. The maximum atomic E-state index is 11.7. The summed E-state index contributed by atoms with van der Waals surface area (Å²) in [7, 11) is 0. The van der Waals surface area contributed by atoms with Crippen LogP contribution in [-0.4, -0.2) is 33.1 Å². The van der Waals surface area contributed by atoms with Gasteiger partial charge in [0.05, 0.1) is 17.8 Å². The van der Waals surface area contributed by atoms with Crippen molar-refractivity contribution in [1.29, 1.82) is 0 Å². The highest BCUT2D eigenvalue weighted by atomic mass is 16.3. The molecule has 32 heavy (non-hydrogen) atoms. The Balaban J connectivity index is 1.54. The molecule has 0 heterocycles. The molecule has 0 aliphatic heterocycles. The van der Waals surface area contributed by atoms with E-state index in [2.05, 4.69) is 48.5 Å². The fourth-order valence-electron chi connectivity index (χ4n) is 9.86. The van der Waals surface area contributed by atoms with Crippen LogP contribution in [0.3, 0.4) is 0 Å². The summed E-state index contributed by atoms with van der Waals surface area (Å²) in [5.74, 6) is 5.50. The first-order valence-corrected chi connectivity index (χ1v) is 13.9. The van der Waals surface area contributed by atoms with Crippen LogP contribution in [0.1, 0.15) is 106 Å². The Hall–Kier alpha value is -0.120. The minimum absolute atomic E-state index is 0.263. The molecule has 4 fully saturated rings. The van der Waals surface area contributed by atoms with Crippen molar-refractivity contribution < 1.29 is 15.3 Å². The van der Waals surface area contributed by atoms with Gasteiger partial charge in [-0.05, 0) is 104 Å². The standard InChI is InChI=1S/C29H52O3/c1-17(2)20(5)18(3)14-19(4)23-8-9-24-22-15-26(31)29(32)16-21(30)10-13-28(29,7)25(22)11-12-27(23,24)6/h17-26,30-32H,8-16H2,1-7H3. The van der Waals surface area contributed by atoms with Crippen LogP contribution in [0.4, 0.5) is 0 Å². The normalized spacial score (nSPS) is 51.5. The van der Waals surface area contributed by atoms with Gasteiger partial charge in [-0.1, -0.05) is 48.5 Å². The van der Waals surface area contributed by atoms with E-state index in [4.69, 9.17) is 0 Å². The quantitative estimate of drug-likeness (QED) is 0.480. The molecule has 3 heteroatoms. The van der Waals surface area contributed by atoms with E-state index in [0.29, 0.717) is 29.6 Å². The number of hydrogen-bond acceptors (Lipinski definition) is 3. The fraction of sp³-hybridized carbons (Fsp3) is 1.00. The number of aliphatic hydroxyl groups excluding tert-OH is 2. The van der Waals surface area contributed by atoms with Gasteiger partial charge >= 0.3 is 0 Å². The lowest BCUT2D eigenvalue weighted by Crippen LogP contribution is -2.68. The van der Waals surface area contributed by atoms with Crippen molar-refractivity contribution >= 4 is 0 Å². The van der Waals surface area contributed by atoms with Crippen LogP contribution >= 0.6 is 0 Å². The van der Waals surface area contributed by atoms with E-state index in [1.165, 1.54) is 32.1 Å². The summed E-state index contributed by atoms with van der Waals surface area (Å²) < 4.78 is 0. The molecule has 12 unspecified atom stereocenters. The Morgan fingerprint density at radius 3 is 2.22 bits per heavy atom. The second-order valence-corrected chi connectivity index (χ2v) is 13.9. The first-order chi connectivity index (χ1) is 14.8. The minimum Gasteiger partial charge on any atom is -0.393 e. The van der Waals surface area contributed by atoms with Crippen LogP contribution in [0.25, 0.3) is 0 Å². The summed E-state index contributed by atoms with van der Waals surface area (Å²) in [6.45, 7) is 17.0. The molecule has 0 saturated heterocycles. The second kappa shape index (κ2) is 8.52. The molecule has 0 amide bonds. The molecule has 0 radical (unpaired) electrons. The summed E-state index contributed by atoms with van der Waals surface area (Å²) in [5.41, 5.74) is -1.00. The molecule has 12 atom stereocenters. The third-order valence-electron chi connectivity index (χ3n) is 12.3. The van der Waals surface area contributed by atoms with E-state index in [1.54, 1.807) is 0 Å². The Kier molecular flexibility index (Phi) is 6.65. The lowest BCUT2D eigenvalue weighted by molar-refractivity contribution is -0.264. The molecule has 0 spiro atoms. The van der Waals surface area contributed by atoms with Gasteiger partial charge in [0.1, 0.15) is 0 Å². The average Bonchev–Trinajstić information content (AvgIpc) is 3.07. The van der Waals surface area contributed by atoms with Crippen LogP contribution < -0.4 is 0 Å². The van der Waals surface area contributed by atoms with Crippen LogP contribution in [0.15, 0.2) is 0 Å². The predicted molar refractivity (Wildman–Crippen MR) is 131 cm³/mol. The first-order valence-electron chi connectivity index (χ1n) is 13.9. The van der Waals surface area contributed by atoms with Crippen molar-refractivity contribution in [2.45, 2.75) is 124 Å². The van der Waals surface area contributed by atoms with Gasteiger partial charge in [0.25, 0.3) is 0 Å². The summed E-state index contributed by atoms with van der Waals surface area (Å²) in [6, 6.07) is 0. The number of hydrogen-bond donors (Lipinski definition) is 3. The van der Waals surface area contributed by atoms with Crippen molar-refractivity contribution in [3.63, 3.8) is 0 Å². The molecule has 0 bridgehead atoms. The zero-order chi connectivity index (χ0) is 23.6. The third kappa shape index (κ3) is 3.63. The van der Waals surface area contributed by atoms with Gasteiger partial charge in [0.2, 0.25) is 0 Å². The molecule has 3 nitrogen and oxygen atoms in total. The molecule has 0 aromatic rings. The maximum absolute atomic E-state index is 11.7. The van der Waals surface area contributed by atoms with Crippen molar-refractivity contribution in [2.24, 2.45) is 58.2 Å². The van der Waals surface area contributed by atoms with Gasteiger partial charge < -0.3 is 15.3 Å². The van der Waals surface area contributed by atoms with Crippen molar-refractivity contribution in [2.75, 3.05) is 0 Å². The van der Waals surface area contributed by atoms with Crippen molar-refractivity contribution in [1.82, 2.24) is 0 Å². The highest BCUT2D eigenvalue weighted by Crippen LogP contribution is 2.69. The van der Waals surface area contributed by atoms with Gasteiger partial charge in [-0.3, -0.25) is 0 Å². The van der Waals surface area contributed by atoms with Crippen LogP contribution in [0.5, 0.6) is 0 Å². The van der Waals surface area contributed by atoms with Gasteiger partial charge in [-0.2, -0.15) is 0 Å². The number of aliphatic hydroxyl groups is 3. The van der Waals surface area contributed by atoms with Gasteiger partial charge in [0, 0.05) is 11.8 Å². The monoisotopic (exact) mass is 448 g/mol. The third-order valence-corrected chi connectivity index (χ3v) is 12.3. The molecular formula is C29H52O3. The average molecular weight is 449 g/mol. The summed E-state index contributed by atoms with van der Waals surface area (Å²) in [4.78, 5) is 0. The van der Waals surface area contributed by atoms with E-state index in [1.807, 2.05) is 0 Å². The Bertz CT molecular complexity index is 677. The highest BCUT2D eigenvalue weighted by Gasteiger charge is 2.67. The molecule has 0 aromatic heterocycles. The van der Waals surface area contributed by atoms with E-state index in [9.17, 15) is 15.3 Å². The van der Waals surface area contributed by atoms with Crippen LogP contribution in [-0.2, 0) is 0 Å². The smallest absolute Gasteiger partial charge is 0.0985 e. The first kappa shape index (κ1) is 25.0. The highest BCUT2D eigenvalue weighted by molar-refractivity contribution is 5.17. The maximum Gasteiger partial charge on any atom is 0.0985 e. The lowest BCUT2D eigenvalue weighted by Gasteiger charge is -2.65. The lowest BCUT2D eigenvalue weighted by atomic mass is 9.42. The fourth-order valence-corrected chi connectivity index (χ4v) is 9.86. The Morgan fingerprint density at radius 1 is 0.875 bits per heavy atom. The Labute approximate surface area is 197 Å². The van der Waals surface area contributed by atoms with E-state index in [0.717, 1.165) is 48.9 Å². The van der Waals surface area contributed by atoms with E-state index in [-0.39, 0.29) is 5.41 Å². The summed E-state index contributed by atoms with van der Waals surface area (Å²) in [6.07, 6.45) is 7.93. The van der Waals surface area contributed by atoms with Gasteiger partial charge in [0.15, 0.2) is 0 Å². The van der Waals surface area contributed by atoms with Crippen LogP contribution in [0.2, 0.25) is 0 Å². The SMILES string of the molecule is CC(C)C(C)C(C)CC(C)C1CCC2C3CC(O)C4(O)CC(O)CCC4(C)C3CCC12C. The zero-order valence-electron chi connectivity index (χ0n) is 22.0. The zero-order valence-corrected chi connectivity index (χ0v) is 22.0. The molecule has 4 saturated carbocycles. The molecule has 4 aliphatic rings. The number of fused-ring (bicyclic) bond motifs is 5. The molecule has 186 valence electrons. The second-order valence-electron chi connectivity index (χ2n) is 13.9. The molecule has 4 rings (SSSR count). The Morgan fingerprint density at radius 2 is 1.56 bits per heavy atom. The molecular weight excluding hydrogens is 396 g/mol.